The third kappa shape index (κ3) is 2.58. The lowest BCUT2D eigenvalue weighted by atomic mass is 10.1. The first-order chi connectivity index (χ1) is 7.66. The van der Waals surface area contributed by atoms with Gasteiger partial charge in [-0.05, 0) is 18.2 Å². The monoisotopic (exact) mass is 257 g/mol. The van der Waals surface area contributed by atoms with Crippen LogP contribution in [0.1, 0.15) is 16.7 Å². The van der Waals surface area contributed by atoms with Crippen LogP contribution in [0.3, 0.4) is 0 Å². The second-order valence-corrected chi connectivity index (χ2v) is 4.73. The van der Waals surface area contributed by atoms with Gasteiger partial charge in [-0.15, -0.1) is 11.3 Å². The Morgan fingerprint density at radius 1 is 1.50 bits per heavy atom. The van der Waals surface area contributed by atoms with Crippen molar-refractivity contribution < 1.29 is 9.50 Å². The van der Waals surface area contributed by atoms with E-state index in [1.54, 1.807) is 6.20 Å². The summed E-state index contributed by atoms with van der Waals surface area (Å²) in [7, 11) is 0. The maximum Gasteiger partial charge on any atom is 0.129 e. The van der Waals surface area contributed by atoms with Crippen LogP contribution in [0, 0.1) is 5.82 Å². The molecule has 1 aromatic heterocycles. The molecule has 84 valence electrons. The summed E-state index contributed by atoms with van der Waals surface area (Å²) in [5, 5.41) is 12.9. The summed E-state index contributed by atoms with van der Waals surface area (Å²) in [6, 6.07) is 4.15. The number of hydrogen-bond acceptors (Lipinski definition) is 3. The molecule has 16 heavy (non-hydrogen) atoms. The van der Waals surface area contributed by atoms with Crippen molar-refractivity contribution in [3.8, 4) is 0 Å². The summed E-state index contributed by atoms with van der Waals surface area (Å²) in [5.41, 5.74) is 0.211. The molecule has 0 saturated heterocycles. The number of aromatic nitrogens is 1. The summed E-state index contributed by atoms with van der Waals surface area (Å²) in [6.07, 6.45) is 1.04. The Hall–Kier alpha value is -0.970. The summed E-state index contributed by atoms with van der Waals surface area (Å²) in [6.45, 7) is 0. The number of aliphatic hydroxyl groups excluding tert-OH is 1. The van der Waals surface area contributed by atoms with Gasteiger partial charge in [0, 0.05) is 28.6 Å². The first-order valence-corrected chi connectivity index (χ1v) is 5.94. The number of aliphatic hydroxyl groups is 1. The molecule has 0 fully saturated rings. The third-order valence-corrected chi connectivity index (χ3v) is 3.21. The van der Waals surface area contributed by atoms with Gasteiger partial charge in [0.1, 0.15) is 5.82 Å². The molecule has 0 aliphatic carbocycles. The van der Waals surface area contributed by atoms with E-state index in [1.807, 2.05) is 5.38 Å². The average molecular weight is 258 g/mol. The highest BCUT2D eigenvalue weighted by Crippen LogP contribution is 2.24. The first-order valence-electron chi connectivity index (χ1n) is 4.68. The molecule has 0 aliphatic rings. The predicted molar refractivity (Wildman–Crippen MR) is 62.2 cm³/mol. The Morgan fingerprint density at radius 3 is 3.00 bits per heavy atom. The molecule has 0 aliphatic heterocycles. The molecule has 1 N–H and O–H groups in total. The van der Waals surface area contributed by atoms with Gasteiger partial charge in [0.2, 0.25) is 0 Å². The second-order valence-electron chi connectivity index (χ2n) is 3.31. The molecule has 0 amide bonds. The molecule has 2 nitrogen and oxygen atoms in total. The van der Waals surface area contributed by atoms with E-state index in [-0.39, 0.29) is 5.56 Å². The Morgan fingerprint density at radius 2 is 2.31 bits per heavy atom. The summed E-state index contributed by atoms with van der Waals surface area (Å²) >= 11 is 7.18. The Labute approximate surface area is 101 Å². The molecule has 5 heteroatoms. The van der Waals surface area contributed by atoms with E-state index in [9.17, 15) is 9.50 Å². The van der Waals surface area contributed by atoms with Crippen molar-refractivity contribution in [3.63, 3.8) is 0 Å². The molecule has 1 atom stereocenters. The highest BCUT2D eigenvalue weighted by Gasteiger charge is 2.15. The SMILES string of the molecule is OC(Cc1nccs1)c1cc(Cl)ccc1F. The lowest BCUT2D eigenvalue weighted by Gasteiger charge is -2.10. The minimum atomic E-state index is -0.912. The quantitative estimate of drug-likeness (QED) is 0.916. The van der Waals surface area contributed by atoms with Crippen molar-refractivity contribution in [1.29, 1.82) is 0 Å². The third-order valence-electron chi connectivity index (χ3n) is 2.17. The zero-order chi connectivity index (χ0) is 11.5. The molecular formula is C11H9ClFNOS. The summed E-state index contributed by atoms with van der Waals surface area (Å²) < 4.78 is 13.4. The topological polar surface area (TPSA) is 33.1 Å². The van der Waals surface area contributed by atoms with Gasteiger partial charge in [-0.25, -0.2) is 9.37 Å². The fourth-order valence-electron chi connectivity index (χ4n) is 1.40. The average Bonchev–Trinajstić information content (AvgIpc) is 2.74. The zero-order valence-electron chi connectivity index (χ0n) is 8.23. The Balaban J connectivity index is 2.20. The van der Waals surface area contributed by atoms with Gasteiger partial charge in [-0.2, -0.15) is 0 Å². The first kappa shape index (κ1) is 11.5. The molecular weight excluding hydrogens is 249 g/mol. The molecule has 0 spiro atoms. The largest absolute Gasteiger partial charge is 0.388 e. The van der Waals surface area contributed by atoms with Crippen molar-refractivity contribution >= 4 is 22.9 Å². The van der Waals surface area contributed by atoms with E-state index >= 15 is 0 Å². The minimum absolute atomic E-state index is 0.211. The van der Waals surface area contributed by atoms with Gasteiger partial charge < -0.3 is 5.11 Å². The van der Waals surface area contributed by atoms with Crippen LogP contribution < -0.4 is 0 Å². The van der Waals surface area contributed by atoms with Gasteiger partial charge >= 0.3 is 0 Å². The van der Waals surface area contributed by atoms with Gasteiger partial charge in [0.15, 0.2) is 0 Å². The number of benzene rings is 1. The molecule has 2 aromatic rings. The van der Waals surface area contributed by atoms with E-state index < -0.39 is 11.9 Å². The van der Waals surface area contributed by atoms with Gasteiger partial charge in [-0.1, -0.05) is 11.6 Å². The van der Waals surface area contributed by atoms with Crippen LogP contribution in [0.5, 0.6) is 0 Å². The normalized spacial score (nSPS) is 12.7. The number of nitrogens with zero attached hydrogens (tertiary/aromatic N) is 1. The van der Waals surface area contributed by atoms with E-state index in [4.69, 9.17) is 11.6 Å². The van der Waals surface area contributed by atoms with E-state index in [0.717, 1.165) is 5.01 Å². The van der Waals surface area contributed by atoms with Crippen LogP contribution in [-0.2, 0) is 6.42 Å². The minimum Gasteiger partial charge on any atom is -0.388 e. The predicted octanol–water partition coefficient (Wildman–Crippen LogP) is 3.21. The van der Waals surface area contributed by atoms with Crippen molar-refractivity contribution in [2.45, 2.75) is 12.5 Å². The van der Waals surface area contributed by atoms with E-state index in [0.29, 0.717) is 11.4 Å². The molecule has 2 rings (SSSR count). The van der Waals surface area contributed by atoms with Crippen LogP contribution in [0.25, 0.3) is 0 Å². The van der Waals surface area contributed by atoms with Crippen molar-refractivity contribution in [3.05, 3.63) is 51.2 Å². The smallest absolute Gasteiger partial charge is 0.129 e. The van der Waals surface area contributed by atoms with Gasteiger partial charge in [0.25, 0.3) is 0 Å². The van der Waals surface area contributed by atoms with Gasteiger partial charge in [0.05, 0.1) is 11.1 Å². The maximum atomic E-state index is 13.4. The number of hydrogen-bond donors (Lipinski definition) is 1. The van der Waals surface area contributed by atoms with Crippen LogP contribution in [0.2, 0.25) is 5.02 Å². The molecule has 1 heterocycles. The highest BCUT2D eigenvalue weighted by molar-refractivity contribution is 7.09. The lowest BCUT2D eigenvalue weighted by molar-refractivity contribution is 0.173. The Kier molecular flexibility index (Phi) is 3.53. The van der Waals surface area contributed by atoms with E-state index in [2.05, 4.69) is 4.98 Å². The molecule has 0 bridgehead atoms. The van der Waals surface area contributed by atoms with Crippen molar-refractivity contribution in [2.75, 3.05) is 0 Å². The number of thiazole rings is 1. The number of halogens is 2. The van der Waals surface area contributed by atoms with Crippen LogP contribution in [-0.4, -0.2) is 10.1 Å². The number of rotatable bonds is 3. The Bertz CT molecular complexity index is 475. The zero-order valence-corrected chi connectivity index (χ0v) is 9.80. The lowest BCUT2D eigenvalue weighted by Crippen LogP contribution is -2.04. The van der Waals surface area contributed by atoms with Crippen molar-refractivity contribution in [1.82, 2.24) is 4.98 Å². The van der Waals surface area contributed by atoms with E-state index in [1.165, 1.54) is 29.5 Å². The second kappa shape index (κ2) is 4.91. The fourth-order valence-corrected chi connectivity index (χ4v) is 2.23. The summed E-state index contributed by atoms with van der Waals surface area (Å²) in [5.74, 6) is -0.451. The van der Waals surface area contributed by atoms with Crippen LogP contribution in [0.4, 0.5) is 4.39 Å². The maximum absolute atomic E-state index is 13.4. The highest BCUT2D eigenvalue weighted by atomic mass is 35.5. The van der Waals surface area contributed by atoms with Gasteiger partial charge in [-0.3, -0.25) is 0 Å². The van der Waals surface area contributed by atoms with Crippen molar-refractivity contribution in [2.24, 2.45) is 0 Å². The van der Waals surface area contributed by atoms with Crippen LogP contribution in [0.15, 0.2) is 29.8 Å². The summed E-state index contributed by atoms with van der Waals surface area (Å²) in [4.78, 5) is 4.04. The molecule has 0 radical (unpaired) electrons. The standard InChI is InChI=1S/C11H9ClFNOS/c12-7-1-2-9(13)8(5-7)10(15)6-11-14-3-4-16-11/h1-5,10,15H,6H2. The fraction of sp³-hybridized carbons (Fsp3) is 0.182. The van der Waals surface area contributed by atoms with Crippen LogP contribution >= 0.6 is 22.9 Å². The molecule has 1 unspecified atom stereocenters. The molecule has 1 aromatic carbocycles. The molecule has 0 saturated carbocycles.